The third kappa shape index (κ3) is 3.53. The number of hydrogen-bond donors (Lipinski definition) is 1. The smallest absolute Gasteiger partial charge is 0.0959 e. The van der Waals surface area contributed by atoms with Crippen LogP contribution < -0.4 is 5.73 Å². The second-order valence-corrected chi connectivity index (χ2v) is 6.90. The molecule has 0 spiro atoms. The zero-order valence-corrected chi connectivity index (χ0v) is 12.5. The Hall–Kier alpha value is -0.450. The van der Waals surface area contributed by atoms with Crippen LogP contribution in [0.3, 0.4) is 0 Å². The summed E-state index contributed by atoms with van der Waals surface area (Å²) in [6.45, 7) is 9.05. The Morgan fingerprint density at radius 2 is 2.06 bits per heavy atom. The van der Waals surface area contributed by atoms with E-state index in [9.17, 15) is 0 Å². The molecule has 3 nitrogen and oxygen atoms in total. The molecule has 2 N–H and O–H groups in total. The molecule has 1 aromatic rings. The molecule has 0 saturated carbocycles. The average Bonchev–Trinajstić information content (AvgIpc) is 2.76. The lowest BCUT2D eigenvalue weighted by Gasteiger charge is -2.33. The number of piperidine rings is 1. The maximum absolute atomic E-state index is 5.84. The maximum Gasteiger partial charge on any atom is 0.0959 e. The monoisotopic (exact) mass is 267 g/mol. The first kappa shape index (κ1) is 14.0. The van der Waals surface area contributed by atoms with Crippen molar-refractivity contribution in [3.8, 4) is 0 Å². The molecule has 4 heteroatoms. The van der Waals surface area contributed by atoms with Gasteiger partial charge < -0.3 is 10.6 Å². The fraction of sp³-hybridized carbons (Fsp3) is 0.786. The second-order valence-electron chi connectivity index (χ2n) is 5.75. The summed E-state index contributed by atoms with van der Waals surface area (Å²) in [7, 11) is 0. The summed E-state index contributed by atoms with van der Waals surface area (Å²) in [4.78, 5) is 8.51. The molecule has 0 amide bonds. The fourth-order valence-corrected chi connectivity index (χ4v) is 3.81. The molecule has 0 aromatic carbocycles. The lowest BCUT2D eigenvalue weighted by Crippen LogP contribution is -2.37. The van der Waals surface area contributed by atoms with Gasteiger partial charge >= 0.3 is 0 Å². The van der Waals surface area contributed by atoms with E-state index < -0.39 is 0 Å². The van der Waals surface area contributed by atoms with Crippen LogP contribution in [0.2, 0.25) is 0 Å². The van der Waals surface area contributed by atoms with Gasteiger partial charge in [-0.1, -0.05) is 0 Å². The van der Waals surface area contributed by atoms with Crippen molar-refractivity contribution in [2.75, 3.05) is 13.1 Å². The zero-order valence-electron chi connectivity index (χ0n) is 11.7. The summed E-state index contributed by atoms with van der Waals surface area (Å²) >= 11 is 1.87. The van der Waals surface area contributed by atoms with Gasteiger partial charge in [-0.25, -0.2) is 4.98 Å². The highest BCUT2D eigenvalue weighted by Crippen LogP contribution is 2.31. The van der Waals surface area contributed by atoms with E-state index in [-0.39, 0.29) is 6.04 Å². The molecule has 1 aliphatic rings. The molecule has 2 heterocycles. The van der Waals surface area contributed by atoms with Gasteiger partial charge in [0.2, 0.25) is 0 Å². The SMILES string of the molecule is CC(N)Cc1cnc(C2CCN(C(C)C)CC2)s1. The Bertz CT molecular complexity index is 365. The van der Waals surface area contributed by atoms with Crippen LogP contribution in [0.25, 0.3) is 0 Å². The number of thiazole rings is 1. The first-order chi connectivity index (χ1) is 8.56. The molecular formula is C14H25N3S. The van der Waals surface area contributed by atoms with E-state index in [0.29, 0.717) is 12.0 Å². The third-order valence-corrected chi connectivity index (χ3v) is 4.89. The topological polar surface area (TPSA) is 42.1 Å². The van der Waals surface area contributed by atoms with E-state index in [2.05, 4.69) is 30.7 Å². The zero-order chi connectivity index (χ0) is 13.1. The summed E-state index contributed by atoms with van der Waals surface area (Å²) in [6, 6.07) is 0.914. The Morgan fingerprint density at radius 3 is 2.61 bits per heavy atom. The average molecular weight is 267 g/mol. The molecule has 2 rings (SSSR count). The highest BCUT2D eigenvalue weighted by atomic mass is 32.1. The Balaban J connectivity index is 1.91. The number of aromatic nitrogens is 1. The number of nitrogens with two attached hydrogens (primary N) is 1. The third-order valence-electron chi connectivity index (χ3n) is 3.70. The molecule has 0 bridgehead atoms. The van der Waals surface area contributed by atoms with E-state index in [4.69, 9.17) is 5.73 Å². The van der Waals surface area contributed by atoms with E-state index in [1.807, 2.05) is 17.5 Å². The van der Waals surface area contributed by atoms with Gasteiger partial charge in [-0.3, -0.25) is 0 Å². The van der Waals surface area contributed by atoms with E-state index in [1.54, 1.807) is 0 Å². The van der Waals surface area contributed by atoms with Crippen molar-refractivity contribution >= 4 is 11.3 Å². The van der Waals surface area contributed by atoms with Crippen molar-refractivity contribution in [1.82, 2.24) is 9.88 Å². The van der Waals surface area contributed by atoms with Gasteiger partial charge in [0.25, 0.3) is 0 Å². The molecule has 1 unspecified atom stereocenters. The molecule has 1 fully saturated rings. The van der Waals surface area contributed by atoms with Crippen LogP contribution in [0.5, 0.6) is 0 Å². The van der Waals surface area contributed by atoms with Crippen LogP contribution in [0.1, 0.15) is 49.4 Å². The predicted molar refractivity (Wildman–Crippen MR) is 78.2 cm³/mol. The molecule has 1 saturated heterocycles. The summed E-state index contributed by atoms with van der Waals surface area (Å²) < 4.78 is 0. The molecule has 0 radical (unpaired) electrons. The number of hydrogen-bond acceptors (Lipinski definition) is 4. The van der Waals surface area contributed by atoms with Crippen LogP contribution in [-0.4, -0.2) is 35.1 Å². The van der Waals surface area contributed by atoms with Crippen LogP contribution in [0, 0.1) is 0 Å². The van der Waals surface area contributed by atoms with Gasteiger partial charge in [0.1, 0.15) is 0 Å². The predicted octanol–water partition coefficient (Wildman–Crippen LogP) is 2.62. The quantitative estimate of drug-likeness (QED) is 0.912. The van der Waals surface area contributed by atoms with Gasteiger partial charge in [0.15, 0.2) is 0 Å². The van der Waals surface area contributed by atoms with Crippen molar-refractivity contribution < 1.29 is 0 Å². The summed E-state index contributed by atoms with van der Waals surface area (Å²) in [5.74, 6) is 0.673. The van der Waals surface area contributed by atoms with Crippen LogP contribution >= 0.6 is 11.3 Å². The van der Waals surface area contributed by atoms with Crippen molar-refractivity contribution in [3.05, 3.63) is 16.1 Å². The summed E-state index contributed by atoms with van der Waals surface area (Å²) in [5, 5.41) is 1.33. The lowest BCUT2D eigenvalue weighted by molar-refractivity contribution is 0.172. The van der Waals surface area contributed by atoms with Crippen molar-refractivity contribution in [3.63, 3.8) is 0 Å². The molecule has 18 heavy (non-hydrogen) atoms. The number of rotatable bonds is 4. The van der Waals surface area contributed by atoms with Crippen LogP contribution in [0.15, 0.2) is 6.20 Å². The van der Waals surface area contributed by atoms with Crippen molar-refractivity contribution in [2.45, 2.75) is 58.0 Å². The summed E-state index contributed by atoms with van der Waals surface area (Å²) in [5.41, 5.74) is 5.84. The first-order valence-corrected chi connectivity index (χ1v) is 7.82. The molecule has 0 aliphatic carbocycles. The normalized spacial score (nSPS) is 20.5. The fourth-order valence-electron chi connectivity index (χ4n) is 2.59. The van der Waals surface area contributed by atoms with Gasteiger partial charge in [0.05, 0.1) is 5.01 Å². The molecule has 102 valence electrons. The minimum Gasteiger partial charge on any atom is -0.328 e. The van der Waals surface area contributed by atoms with Gasteiger partial charge in [-0.2, -0.15) is 0 Å². The van der Waals surface area contributed by atoms with E-state index >= 15 is 0 Å². The molecule has 1 atom stereocenters. The Kier molecular flexibility index (Phi) is 4.76. The second kappa shape index (κ2) is 6.13. The molecular weight excluding hydrogens is 242 g/mol. The molecule has 1 aliphatic heterocycles. The van der Waals surface area contributed by atoms with E-state index in [0.717, 1.165) is 6.42 Å². The van der Waals surface area contributed by atoms with Gasteiger partial charge in [-0.15, -0.1) is 11.3 Å². The summed E-state index contributed by atoms with van der Waals surface area (Å²) in [6.07, 6.45) is 5.49. The number of nitrogens with zero attached hydrogens (tertiary/aromatic N) is 2. The largest absolute Gasteiger partial charge is 0.328 e. The van der Waals surface area contributed by atoms with Gasteiger partial charge in [-0.05, 0) is 53.1 Å². The minimum atomic E-state index is 0.237. The molecule has 1 aromatic heterocycles. The lowest BCUT2D eigenvalue weighted by atomic mass is 9.97. The Labute approximate surface area is 114 Å². The van der Waals surface area contributed by atoms with E-state index in [1.165, 1.54) is 35.8 Å². The highest BCUT2D eigenvalue weighted by molar-refractivity contribution is 7.11. The van der Waals surface area contributed by atoms with Crippen LogP contribution in [-0.2, 0) is 6.42 Å². The van der Waals surface area contributed by atoms with Crippen LogP contribution in [0.4, 0.5) is 0 Å². The number of likely N-dealkylation sites (tertiary alicyclic amines) is 1. The van der Waals surface area contributed by atoms with Crippen molar-refractivity contribution in [1.29, 1.82) is 0 Å². The van der Waals surface area contributed by atoms with Gasteiger partial charge in [0, 0.05) is 29.1 Å². The standard InChI is InChI=1S/C14H25N3S/c1-10(2)17-6-4-12(5-7-17)14-16-9-13(18-14)8-11(3)15/h9-12H,4-8,15H2,1-3H3. The highest BCUT2D eigenvalue weighted by Gasteiger charge is 2.24. The maximum atomic E-state index is 5.84. The minimum absolute atomic E-state index is 0.237. The first-order valence-electron chi connectivity index (χ1n) is 7.00. The van der Waals surface area contributed by atoms with Crippen molar-refractivity contribution in [2.24, 2.45) is 5.73 Å². The Morgan fingerprint density at radius 1 is 1.39 bits per heavy atom.